The maximum atomic E-state index is 6.15. The van der Waals surface area contributed by atoms with Crippen molar-refractivity contribution in [1.82, 2.24) is 0 Å². The van der Waals surface area contributed by atoms with Crippen LogP contribution in [0.1, 0.15) is 164 Å². The van der Waals surface area contributed by atoms with Crippen LogP contribution in [0.5, 0.6) is 11.5 Å². The maximum absolute atomic E-state index is 6.15. The molecular formula is C50H70O2P2. The first-order chi connectivity index (χ1) is 25.2. The first kappa shape index (κ1) is 41.0. The Morgan fingerprint density at radius 1 is 0.463 bits per heavy atom. The van der Waals surface area contributed by atoms with Crippen LogP contribution in [0, 0.1) is 0 Å². The van der Waals surface area contributed by atoms with Gasteiger partial charge in [-0.3, -0.25) is 0 Å². The van der Waals surface area contributed by atoms with Crippen molar-refractivity contribution in [3.8, 4) is 33.2 Å². The smallest absolute Gasteiger partial charge is 0.126 e. The average molecular weight is 765 g/mol. The highest BCUT2D eigenvalue weighted by molar-refractivity contribution is 7.35. The van der Waals surface area contributed by atoms with Crippen molar-refractivity contribution in [2.45, 2.75) is 169 Å². The summed E-state index contributed by atoms with van der Waals surface area (Å²) < 4.78 is 12.3. The number of ether oxygens (including phenoxy) is 2. The van der Waals surface area contributed by atoms with Gasteiger partial charge in [-0.05, 0) is 154 Å². The zero-order valence-corrected chi connectivity index (χ0v) is 38.4. The van der Waals surface area contributed by atoms with Gasteiger partial charge in [0, 0.05) is 32.8 Å². The van der Waals surface area contributed by atoms with Crippen LogP contribution in [-0.2, 0) is 60.2 Å². The Morgan fingerprint density at radius 3 is 1.00 bits per heavy atom. The predicted octanol–water partition coefficient (Wildman–Crippen LogP) is 14.4. The highest BCUT2D eigenvalue weighted by Crippen LogP contribution is 2.51. The summed E-state index contributed by atoms with van der Waals surface area (Å²) in [6.07, 6.45) is 17.4. The molecule has 0 spiro atoms. The van der Waals surface area contributed by atoms with E-state index in [9.17, 15) is 0 Å². The lowest BCUT2D eigenvalue weighted by Gasteiger charge is -2.30. The van der Waals surface area contributed by atoms with Crippen LogP contribution in [0.4, 0.5) is 0 Å². The maximum Gasteiger partial charge on any atom is 0.126 e. The molecule has 0 fully saturated rings. The third-order valence-corrected chi connectivity index (χ3v) is 15.3. The largest absolute Gasteiger partial charge is 0.496 e. The highest BCUT2D eigenvalue weighted by atomic mass is 31.0. The predicted molar refractivity (Wildman–Crippen MR) is 240 cm³/mol. The van der Waals surface area contributed by atoms with E-state index in [1.54, 1.807) is 43.4 Å². The van der Waals surface area contributed by atoms with E-state index in [0.29, 0.717) is 0 Å². The molecule has 2 aromatic carbocycles. The third-order valence-electron chi connectivity index (χ3n) is 12.0. The Morgan fingerprint density at radius 2 is 0.741 bits per heavy atom. The first-order valence-corrected chi connectivity index (χ1v) is 22.8. The lowest BCUT2D eigenvalue weighted by molar-refractivity contribution is 0.381. The summed E-state index contributed by atoms with van der Waals surface area (Å²) >= 11 is 0. The van der Waals surface area contributed by atoms with E-state index in [0.717, 1.165) is 40.7 Å². The molecular weight excluding hydrogens is 694 g/mol. The summed E-state index contributed by atoms with van der Waals surface area (Å²) in [4.78, 5) is 0. The number of allylic oxidation sites excluding steroid dienone is 2. The lowest BCUT2D eigenvalue weighted by atomic mass is 9.77. The van der Waals surface area contributed by atoms with E-state index in [-0.39, 0.29) is 21.7 Å². The molecule has 0 N–H and O–H groups in total. The topological polar surface area (TPSA) is 18.5 Å². The van der Waals surface area contributed by atoms with E-state index in [1.165, 1.54) is 84.7 Å². The number of rotatable bonds is 8. The second-order valence-corrected chi connectivity index (χ2v) is 23.1. The Kier molecular flexibility index (Phi) is 11.7. The van der Waals surface area contributed by atoms with Gasteiger partial charge in [0.15, 0.2) is 0 Å². The van der Waals surface area contributed by atoms with Crippen molar-refractivity contribution < 1.29 is 9.47 Å². The summed E-state index contributed by atoms with van der Waals surface area (Å²) in [5.74, 6) is 2.15. The van der Waals surface area contributed by atoms with Gasteiger partial charge in [0.1, 0.15) is 11.5 Å². The molecule has 0 aliphatic heterocycles. The van der Waals surface area contributed by atoms with Gasteiger partial charge < -0.3 is 9.47 Å². The van der Waals surface area contributed by atoms with Crippen LogP contribution in [-0.4, -0.2) is 14.2 Å². The molecule has 2 aliphatic carbocycles. The molecule has 4 aromatic rings. The number of fused-ring (bicyclic) bond motifs is 2. The number of benzene rings is 2. The second-order valence-electron chi connectivity index (χ2n) is 20.4. The molecule has 2 nitrogen and oxygen atoms in total. The monoisotopic (exact) mass is 764 g/mol. The standard InChI is InChI=1S/C50H70O2P2/c1-47(2,3)37-27-31(28-38(43(37)51-13)48(4,5)6)45-35-23-17-15-21-33(35)41(53-45)25-19-20-26-42-34-22-16-18-24-36(34)46(54-42)32-29-39(49(7,8)9)44(52-14)40(30-32)50(10,11)12/h19-20,27-30,53-54H,15-18,21-26H2,1-14H3/b20-19+. The van der Waals surface area contributed by atoms with E-state index < -0.39 is 0 Å². The third kappa shape index (κ3) is 8.23. The molecule has 2 heterocycles. The van der Waals surface area contributed by atoms with Gasteiger partial charge >= 0.3 is 0 Å². The van der Waals surface area contributed by atoms with Gasteiger partial charge in [0.05, 0.1) is 14.2 Å². The summed E-state index contributed by atoms with van der Waals surface area (Å²) in [6, 6.07) is 9.92. The fraction of sp³-hybridized carbons (Fsp3) is 0.560. The molecule has 0 saturated carbocycles. The minimum absolute atomic E-state index is 0.00330. The van der Waals surface area contributed by atoms with E-state index in [4.69, 9.17) is 9.47 Å². The molecule has 4 heteroatoms. The summed E-state index contributed by atoms with van der Waals surface area (Å²) in [5, 5.41) is 6.59. The average Bonchev–Trinajstić information content (AvgIpc) is 3.66. The molecule has 2 unspecified atom stereocenters. The quantitative estimate of drug-likeness (QED) is 0.166. The molecule has 0 radical (unpaired) electrons. The number of methoxy groups -OCH3 is 2. The van der Waals surface area contributed by atoms with Crippen molar-refractivity contribution in [3.05, 3.63) is 91.5 Å². The van der Waals surface area contributed by atoms with Crippen molar-refractivity contribution in [2.75, 3.05) is 14.2 Å². The van der Waals surface area contributed by atoms with Crippen LogP contribution in [0.2, 0.25) is 0 Å². The molecule has 0 bridgehead atoms. The van der Waals surface area contributed by atoms with Crippen LogP contribution >= 0.6 is 16.4 Å². The van der Waals surface area contributed by atoms with Crippen molar-refractivity contribution in [3.63, 3.8) is 0 Å². The molecule has 292 valence electrons. The van der Waals surface area contributed by atoms with Crippen LogP contribution in [0.15, 0.2) is 36.4 Å². The van der Waals surface area contributed by atoms with Gasteiger partial charge in [-0.15, -0.1) is 16.4 Å². The molecule has 2 atom stereocenters. The van der Waals surface area contributed by atoms with Gasteiger partial charge in [-0.25, -0.2) is 0 Å². The fourth-order valence-corrected chi connectivity index (χ4v) is 12.4. The van der Waals surface area contributed by atoms with E-state index in [2.05, 4.69) is 120 Å². The summed E-state index contributed by atoms with van der Waals surface area (Å²) in [7, 11) is 5.22. The van der Waals surface area contributed by atoms with Crippen LogP contribution in [0.25, 0.3) is 21.7 Å². The summed E-state index contributed by atoms with van der Waals surface area (Å²) in [6.45, 7) is 27.9. The zero-order chi connectivity index (χ0) is 39.4. The SMILES string of the molecule is COc1c(C(C)(C)C)cc(-c2[pH]c(C/C=C/Cc3[pH]c(-c4cc(C(C)(C)C)c(OC)c(C(C)(C)C)c4)c4c3CCCC4)c3c2CCCC3)cc1C(C)(C)C. The molecule has 6 rings (SSSR count). The lowest BCUT2D eigenvalue weighted by Crippen LogP contribution is -2.19. The fourth-order valence-electron chi connectivity index (χ4n) is 9.09. The molecule has 54 heavy (non-hydrogen) atoms. The normalized spacial score (nSPS) is 15.7. The Hall–Kier alpha value is -2.66. The Labute approximate surface area is 332 Å². The van der Waals surface area contributed by atoms with Gasteiger partial charge in [0.25, 0.3) is 0 Å². The highest BCUT2D eigenvalue weighted by Gasteiger charge is 2.31. The minimum atomic E-state index is 0.00330. The molecule has 2 aromatic heterocycles. The Bertz CT molecular complexity index is 1800. The van der Waals surface area contributed by atoms with Crippen LogP contribution in [0.3, 0.4) is 0 Å². The molecule has 0 amide bonds. The minimum Gasteiger partial charge on any atom is -0.496 e. The Balaban J connectivity index is 1.34. The zero-order valence-electron chi connectivity index (χ0n) is 36.4. The van der Waals surface area contributed by atoms with Gasteiger partial charge in [-0.2, -0.15) is 0 Å². The van der Waals surface area contributed by atoms with E-state index >= 15 is 0 Å². The van der Waals surface area contributed by atoms with Crippen molar-refractivity contribution >= 4 is 16.4 Å². The van der Waals surface area contributed by atoms with E-state index in [1.807, 2.05) is 14.2 Å². The molecule has 2 aliphatic rings. The van der Waals surface area contributed by atoms with Gasteiger partial charge in [0.2, 0.25) is 0 Å². The second kappa shape index (κ2) is 15.4. The number of hydrogen-bond donors (Lipinski definition) is 0. The first-order valence-electron chi connectivity index (χ1n) is 20.8. The van der Waals surface area contributed by atoms with Crippen LogP contribution < -0.4 is 9.47 Å². The van der Waals surface area contributed by atoms with Crippen molar-refractivity contribution in [2.24, 2.45) is 0 Å². The number of hydrogen-bond acceptors (Lipinski definition) is 2. The summed E-state index contributed by atoms with van der Waals surface area (Å²) in [5.41, 5.74) is 14.9. The molecule has 0 saturated heterocycles. The van der Waals surface area contributed by atoms with Gasteiger partial charge in [-0.1, -0.05) is 95.2 Å². The van der Waals surface area contributed by atoms with Crippen molar-refractivity contribution in [1.29, 1.82) is 0 Å².